The van der Waals surface area contributed by atoms with Crippen molar-refractivity contribution in [2.45, 2.75) is 45.5 Å². The molecule has 162 valence electrons. The monoisotopic (exact) mass is 466 g/mol. The topological polar surface area (TPSA) is 49.4 Å². The molecule has 2 aromatic rings. The van der Waals surface area contributed by atoms with Crippen molar-refractivity contribution in [3.05, 3.63) is 69.2 Å². The Hall–Kier alpha value is -1.69. The van der Waals surface area contributed by atoms with Gasteiger partial charge in [0.05, 0.1) is 15.8 Å². The van der Waals surface area contributed by atoms with E-state index in [9.17, 15) is 9.59 Å². The van der Waals surface area contributed by atoms with Crippen LogP contribution < -0.4 is 5.32 Å². The number of amides is 2. The summed E-state index contributed by atoms with van der Waals surface area (Å²) in [5.41, 5.74) is 3.15. The standard InChI is InChI=1S/C23H28Cl2N2O2S/c1-4-11-26-23(29)17(3)27(13-18-7-5-16(2)6-8-18)22(28)15-30-14-19-9-10-20(24)21(25)12-19/h5-10,12,17H,4,11,13-15H2,1-3H3,(H,26,29)/t17-/m1/s1. The molecule has 0 unspecified atom stereocenters. The molecule has 0 bridgehead atoms. The fraction of sp³-hybridized carbons (Fsp3) is 0.391. The third kappa shape index (κ3) is 7.53. The minimum Gasteiger partial charge on any atom is -0.354 e. The maximum atomic E-state index is 13.0. The quantitative estimate of drug-likeness (QED) is 0.504. The summed E-state index contributed by atoms with van der Waals surface area (Å²) >= 11 is 13.5. The molecule has 1 atom stereocenters. The van der Waals surface area contributed by atoms with Crippen molar-refractivity contribution in [3.8, 4) is 0 Å². The van der Waals surface area contributed by atoms with Crippen molar-refractivity contribution in [2.24, 2.45) is 0 Å². The van der Waals surface area contributed by atoms with Crippen LogP contribution in [0.5, 0.6) is 0 Å². The number of thioether (sulfide) groups is 1. The van der Waals surface area contributed by atoms with Crippen LogP contribution in [0.3, 0.4) is 0 Å². The molecule has 0 aromatic heterocycles. The Morgan fingerprint density at radius 2 is 1.73 bits per heavy atom. The van der Waals surface area contributed by atoms with Crippen molar-refractivity contribution >= 4 is 46.8 Å². The molecule has 7 heteroatoms. The van der Waals surface area contributed by atoms with Gasteiger partial charge in [-0.2, -0.15) is 0 Å². The third-order valence-corrected chi connectivity index (χ3v) is 6.40. The molecule has 0 fully saturated rings. The summed E-state index contributed by atoms with van der Waals surface area (Å²) in [6.45, 7) is 6.79. The smallest absolute Gasteiger partial charge is 0.242 e. The molecule has 0 saturated carbocycles. The minimum atomic E-state index is -0.545. The molecular weight excluding hydrogens is 439 g/mol. The number of aryl methyl sites for hydroxylation is 1. The Kier molecular flexibility index (Phi) is 10.0. The normalized spacial score (nSPS) is 11.8. The van der Waals surface area contributed by atoms with Gasteiger partial charge < -0.3 is 10.2 Å². The van der Waals surface area contributed by atoms with Crippen molar-refractivity contribution in [3.63, 3.8) is 0 Å². The van der Waals surface area contributed by atoms with Crippen LogP contribution in [0.2, 0.25) is 10.0 Å². The fourth-order valence-corrected chi connectivity index (χ4v) is 4.02. The largest absolute Gasteiger partial charge is 0.354 e. The predicted molar refractivity (Wildman–Crippen MR) is 127 cm³/mol. The predicted octanol–water partition coefficient (Wildman–Crippen LogP) is 5.48. The van der Waals surface area contributed by atoms with E-state index >= 15 is 0 Å². The highest BCUT2D eigenvalue weighted by molar-refractivity contribution is 7.99. The van der Waals surface area contributed by atoms with E-state index in [0.29, 0.717) is 28.9 Å². The molecule has 0 aliphatic heterocycles. The van der Waals surface area contributed by atoms with E-state index in [2.05, 4.69) is 5.32 Å². The zero-order chi connectivity index (χ0) is 22.1. The summed E-state index contributed by atoms with van der Waals surface area (Å²) in [5.74, 6) is 0.709. The molecule has 0 heterocycles. The molecule has 2 amide bonds. The minimum absolute atomic E-state index is 0.0696. The lowest BCUT2D eigenvalue weighted by atomic mass is 10.1. The van der Waals surface area contributed by atoms with Gasteiger partial charge in [-0.25, -0.2) is 0 Å². The van der Waals surface area contributed by atoms with Gasteiger partial charge in [0.2, 0.25) is 11.8 Å². The van der Waals surface area contributed by atoms with E-state index in [4.69, 9.17) is 23.2 Å². The first kappa shape index (κ1) is 24.6. The number of halogens is 2. The van der Waals surface area contributed by atoms with Gasteiger partial charge in [0, 0.05) is 18.8 Å². The summed E-state index contributed by atoms with van der Waals surface area (Å²) in [5, 5.41) is 3.90. The van der Waals surface area contributed by atoms with Gasteiger partial charge in [0.15, 0.2) is 0 Å². The summed E-state index contributed by atoms with van der Waals surface area (Å²) in [4.78, 5) is 27.2. The lowest BCUT2D eigenvalue weighted by molar-refractivity contribution is -0.138. The molecule has 0 aliphatic rings. The van der Waals surface area contributed by atoms with Crippen molar-refractivity contribution < 1.29 is 9.59 Å². The molecule has 0 saturated heterocycles. The van der Waals surface area contributed by atoms with Crippen molar-refractivity contribution in [2.75, 3.05) is 12.3 Å². The maximum Gasteiger partial charge on any atom is 0.242 e. The lowest BCUT2D eigenvalue weighted by Gasteiger charge is -2.28. The average molecular weight is 467 g/mol. The third-order valence-electron chi connectivity index (χ3n) is 4.67. The number of hydrogen-bond acceptors (Lipinski definition) is 3. The van der Waals surface area contributed by atoms with Crippen molar-refractivity contribution in [1.29, 1.82) is 0 Å². The zero-order valence-corrected chi connectivity index (χ0v) is 19.9. The second-order valence-electron chi connectivity index (χ2n) is 7.22. The van der Waals surface area contributed by atoms with Crippen molar-refractivity contribution in [1.82, 2.24) is 10.2 Å². The number of nitrogens with one attached hydrogen (secondary N) is 1. The second kappa shape index (κ2) is 12.2. The Balaban J connectivity index is 2.05. The van der Waals surface area contributed by atoms with Gasteiger partial charge in [-0.1, -0.05) is 66.0 Å². The SMILES string of the molecule is CCCNC(=O)[C@@H](C)N(Cc1ccc(C)cc1)C(=O)CSCc1ccc(Cl)c(Cl)c1. The maximum absolute atomic E-state index is 13.0. The van der Waals surface area contributed by atoms with E-state index in [-0.39, 0.29) is 17.6 Å². The molecule has 30 heavy (non-hydrogen) atoms. The number of hydrogen-bond donors (Lipinski definition) is 1. The number of nitrogens with zero attached hydrogens (tertiary/aromatic N) is 1. The Bertz CT molecular complexity index is 859. The Morgan fingerprint density at radius 1 is 1.07 bits per heavy atom. The van der Waals surface area contributed by atoms with E-state index < -0.39 is 6.04 Å². The molecule has 2 aromatic carbocycles. The summed E-state index contributed by atoms with van der Waals surface area (Å²) in [7, 11) is 0. The van der Waals surface area contributed by atoms with E-state index in [1.54, 1.807) is 17.9 Å². The van der Waals surface area contributed by atoms with Crippen LogP contribution in [0.15, 0.2) is 42.5 Å². The van der Waals surface area contributed by atoms with Gasteiger partial charge >= 0.3 is 0 Å². The van der Waals surface area contributed by atoms with Gasteiger partial charge in [-0.3, -0.25) is 9.59 Å². The van der Waals surface area contributed by atoms with Crippen LogP contribution in [0.4, 0.5) is 0 Å². The van der Waals surface area contributed by atoms with Crippen LogP contribution in [0.25, 0.3) is 0 Å². The number of carbonyl (C=O) groups is 2. The first-order valence-corrected chi connectivity index (χ1v) is 11.9. The summed E-state index contributed by atoms with van der Waals surface area (Å²) in [6.07, 6.45) is 0.851. The van der Waals surface area contributed by atoms with Gasteiger partial charge in [0.1, 0.15) is 6.04 Å². The molecule has 0 spiro atoms. The number of rotatable bonds is 10. The second-order valence-corrected chi connectivity index (χ2v) is 9.02. The van der Waals surface area contributed by atoms with Crippen LogP contribution in [0.1, 0.15) is 37.0 Å². The van der Waals surface area contributed by atoms with Crippen LogP contribution in [-0.4, -0.2) is 35.1 Å². The van der Waals surface area contributed by atoms with Crippen LogP contribution in [0, 0.1) is 6.92 Å². The Labute approximate surface area is 193 Å². The van der Waals surface area contributed by atoms with Crippen LogP contribution in [-0.2, 0) is 21.9 Å². The van der Waals surface area contributed by atoms with E-state index in [0.717, 1.165) is 23.1 Å². The van der Waals surface area contributed by atoms with Gasteiger partial charge in [-0.15, -0.1) is 11.8 Å². The highest BCUT2D eigenvalue weighted by Crippen LogP contribution is 2.25. The molecular formula is C23H28Cl2N2O2S. The summed E-state index contributed by atoms with van der Waals surface area (Å²) in [6, 6.07) is 12.9. The molecule has 0 aliphatic carbocycles. The number of carbonyl (C=O) groups excluding carboxylic acids is 2. The number of benzene rings is 2. The van der Waals surface area contributed by atoms with Gasteiger partial charge in [-0.05, 0) is 43.5 Å². The highest BCUT2D eigenvalue weighted by Gasteiger charge is 2.25. The van der Waals surface area contributed by atoms with Gasteiger partial charge in [0.25, 0.3) is 0 Å². The zero-order valence-electron chi connectivity index (χ0n) is 17.6. The Morgan fingerprint density at radius 3 is 2.37 bits per heavy atom. The van der Waals surface area contributed by atoms with E-state index in [1.165, 1.54) is 11.8 Å². The molecule has 4 nitrogen and oxygen atoms in total. The average Bonchev–Trinajstić information content (AvgIpc) is 2.73. The first-order valence-electron chi connectivity index (χ1n) is 9.96. The summed E-state index contributed by atoms with van der Waals surface area (Å²) < 4.78 is 0. The molecule has 2 rings (SSSR count). The van der Waals surface area contributed by atoms with E-state index in [1.807, 2.05) is 50.2 Å². The first-order chi connectivity index (χ1) is 14.3. The molecule has 0 radical (unpaired) electrons. The van der Waals surface area contributed by atoms with Crippen LogP contribution >= 0.6 is 35.0 Å². The fourth-order valence-electron chi connectivity index (χ4n) is 2.84. The molecule has 1 N–H and O–H groups in total. The lowest BCUT2D eigenvalue weighted by Crippen LogP contribution is -2.48. The highest BCUT2D eigenvalue weighted by atomic mass is 35.5.